The maximum Gasteiger partial charge on any atom is 0.271 e. The van der Waals surface area contributed by atoms with Gasteiger partial charge in [-0.3, -0.25) is 14.5 Å². The van der Waals surface area contributed by atoms with Crippen molar-refractivity contribution in [1.82, 2.24) is 15.3 Å². The molecule has 6 rings (SSSR count). The Labute approximate surface area is 218 Å². The molecule has 190 valence electrons. The third-order valence-corrected chi connectivity index (χ3v) is 7.29. The first-order valence-electron chi connectivity index (χ1n) is 12.3. The van der Waals surface area contributed by atoms with E-state index < -0.39 is 17.3 Å². The number of anilines is 2. The van der Waals surface area contributed by atoms with Gasteiger partial charge in [-0.25, -0.2) is 9.37 Å². The van der Waals surface area contributed by atoms with Gasteiger partial charge < -0.3 is 15.0 Å². The lowest BCUT2D eigenvalue weighted by Crippen LogP contribution is -2.55. The van der Waals surface area contributed by atoms with Gasteiger partial charge in [0.1, 0.15) is 22.8 Å². The van der Waals surface area contributed by atoms with Crippen LogP contribution >= 0.6 is 0 Å². The number of nitrogens with zero attached hydrogens (tertiary/aromatic N) is 2. The number of nitrogens with one attached hydrogen (secondary N) is 2. The van der Waals surface area contributed by atoms with Crippen LogP contribution in [0.3, 0.4) is 0 Å². The van der Waals surface area contributed by atoms with Gasteiger partial charge in [0.05, 0.1) is 24.5 Å². The highest BCUT2D eigenvalue weighted by Gasteiger charge is 2.55. The third kappa shape index (κ3) is 3.44. The summed E-state index contributed by atoms with van der Waals surface area (Å²) in [5.41, 5.74) is 2.24. The fourth-order valence-corrected chi connectivity index (χ4v) is 5.34. The van der Waals surface area contributed by atoms with Crippen molar-refractivity contribution in [3.05, 3.63) is 96.1 Å². The van der Waals surface area contributed by atoms with E-state index in [1.54, 1.807) is 49.7 Å². The Morgan fingerprint density at radius 1 is 1.03 bits per heavy atom. The Morgan fingerprint density at radius 3 is 2.53 bits per heavy atom. The average molecular weight is 509 g/mol. The first-order valence-corrected chi connectivity index (χ1v) is 12.3. The second kappa shape index (κ2) is 8.69. The molecule has 1 aliphatic rings. The first kappa shape index (κ1) is 23.7. The number of methoxy groups -OCH3 is 1. The predicted octanol–water partition coefficient (Wildman–Crippen LogP) is 5.82. The Balaban J connectivity index is 1.48. The summed E-state index contributed by atoms with van der Waals surface area (Å²) >= 11 is 0. The summed E-state index contributed by atoms with van der Waals surface area (Å²) < 4.78 is 19.2. The second-order valence-corrected chi connectivity index (χ2v) is 9.70. The molecule has 0 aliphatic carbocycles. The minimum Gasteiger partial charge on any atom is -0.497 e. The normalized spacial score (nSPS) is 16.9. The average Bonchev–Trinajstić information content (AvgIpc) is 3.41. The lowest BCUT2D eigenvalue weighted by Gasteiger charge is -2.33. The van der Waals surface area contributed by atoms with Crippen molar-refractivity contribution in [3.8, 4) is 5.75 Å². The predicted molar refractivity (Wildman–Crippen MR) is 144 cm³/mol. The van der Waals surface area contributed by atoms with Crippen molar-refractivity contribution < 1.29 is 18.7 Å². The monoisotopic (exact) mass is 508 g/mol. The fourth-order valence-electron chi connectivity index (χ4n) is 5.34. The van der Waals surface area contributed by atoms with Gasteiger partial charge in [-0.15, -0.1) is 0 Å². The van der Waals surface area contributed by atoms with Crippen LogP contribution in [0, 0.1) is 11.7 Å². The van der Waals surface area contributed by atoms with Gasteiger partial charge in [0.2, 0.25) is 0 Å². The largest absolute Gasteiger partial charge is 0.497 e. The van der Waals surface area contributed by atoms with Crippen LogP contribution in [0.25, 0.3) is 21.8 Å². The summed E-state index contributed by atoms with van der Waals surface area (Å²) in [7, 11) is 1.55. The second-order valence-electron chi connectivity index (χ2n) is 9.70. The number of ether oxygens (including phenoxy) is 1. The molecule has 3 heterocycles. The van der Waals surface area contributed by atoms with Gasteiger partial charge in [-0.1, -0.05) is 32.0 Å². The number of carbonyl (C=O) groups is 2. The van der Waals surface area contributed by atoms with Gasteiger partial charge in [-0.2, -0.15) is 0 Å². The van der Waals surface area contributed by atoms with E-state index in [4.69, 9.17) is 4.74 Å². The molecule has 2 N–H and O–H groups in total. The van der Waals surface area contributed by atoms with Gasteiger partial charge >= 0.3 is 0 Å². The molecular weight excluding hydrogens is 483 g/mol. The zero-order valence-corrected chi connectivity index (χ0v) is 21.1. The molecule has 2 amide bonds. The summed E-state index contributed by atoms with van der Waals surface area (Å²) in [6.45, 7) is 3.76. The van der Waals surface area contributed by atoms with Crippen LogP contribution in [0.15, 0.2) is 79.0 Å². The molecule has 7 nitrogen and oxygen atoms in total. The highest BCUT2D eigenvalue weighted by atomic mass is 19.1. The number of para-hydroxylation sites is 1. The number of benzene rings is 3. The summed E-state index contributed by atoms with van der Waals surface area (Å²) in [4.78, 5) is 37.3. The lowest BCUT2D eigenvalue weighted by molar-refractivity contribution is -0.125. The maximum absolute atomic E-state index is 14.3. The van der Waals surface area contributed by atoms with E-state index in [9.17, 15) is 14.0 Å². The number of carbonyl (C=O) groups excluding carboxylic acids is 2. The van der Waals surface area contributed by atoms with E-state index in [1.165, 1.54) is 17.0 Å². The molecule has 5 aromatic rings. The zero-order valence-electron chi connectivity index (χ0n) is 21.1. The quantitative estimate of drug-likeness (QED) is 0.313. The smallest absolute Gasteiger partial charge is 0.271 e. The van der Waals surface area contributed by atoms with Gasteiger partial charge in [0.15, 0.2) is 0 Å². The van der Waals surface area contributed by atoms with Crippen LogP contribution in [0.5, 0.6) is 5.75 Å². The highest BCUT2D eigenvalue weighted by Crippen LogP contribution is 2.49. The topological polar surface area (TPSA) is 87.3 Å². The molecule has 2 aromatic heterocycles. The molecular formula is C30H25FN4O3. The number of halogens is 1. The fraction of sp³-hybridized carbons (Fsp3) is 0.167. The van der Waals surface area contributed by atoms with E-state index in [2.05, 4.69) is 15.3 Å². The van der Waals surface area contributed by atoms with Crippen molar-refractivity contribution in [3.63, 3.8) is 0 Å². The van der Waals surface area contributed by atoms with Crippen molar-refractivity contribution >= 4 is 45.0 Å². The van der Waals surface area contributed by atoms with Crippen molar-refractivity contribution in [2.24, 2.45) is 5.92 Å². The van der Waals surface area contributed by atoms with Crippen LogP contribution in [-0.4, -0.2) is 28.9 Å². The number of aromatic nitrogens is 2. The van der Waals surface area contributed by atoms with Crippen LogP contribution in [0.2, 0.25) is 0 Å². The Kier molecular flexibility index (Phi) is 5.41. The molecule has 8 heteroatoms. The number of H-pyrrole nitrogens is 1. The van der Waals surface area contributed by atoms with E-state index in [0.717, 1.165) is 21.8 Å². The molecule has 0 bridgehead atoms. The molecule has 1 atom stereocenters. The number of fused-ring (bicyclic) bond motifs is 4. The Bertz CT molecular complexity index is 1730. The minimum atomic E-state index is -1.41. The summed E-state index contributed by atoms with van der Waals surface area (Å²) in [5, 5.41) is 4.90. The maximum atomic E-state index is 14.3. The molecule has 0 saturated carbocycles. The molecule has 3 aromatic carbocycles. The van der Waals surface area contributed by atoms with Gasteiger partial charge in [-0.05, 0) is 60.5 Å². The molecule has 0 fully saturated rings. The molecule has 0 saturated heterocycles. The Hall–Kier alpha value is -4.72. The number of amides is 2. The van der Waals surface area contributed by atoms with Crippen molar-refractivity contribution in [2.45, 2.75) is 19.4 Å². The van der Waals surface area contributed by atoms with Gasteiger partial charge in [0, 0.05) is 27.5 Å². The zero-order chi connectivity index (χ0) is 26.6. The molecule has 0 radical (unpaired) electrons. The van der Waals surface area contributed by atoms with Crippen LogP contribution in [-0.2, 0) is 10.3 Å². The van der Waals surface area contributed by atoms with Crippen LogP contribution in [0.1, 0.15) is 29.9 Å². The number of hydrogen-bond donors (Lipinski definition) is 2. The number of rotatable bonds is 5. The summed E-state index contributed by atoms with van der Waals surface area (Å²) in [6, 6.07) is 20.6. The summed E-state index contributed by atoms with van der Waals surface area (Å²) in [6.07, 6.45) is 1.63. The van der Waals surface area contributed by atoms with Crippen molar-refractivity contribution in [1.29, 1.82) is 0 Å². The summed E-state index contributed by atoms with van der Waals surface area (Å²) in [5.74, 6) is -1.02. The van der Waals surface area contributed by atoms with Crippen LogP contribution in [0.4, 0.5) is 15.8 Å². The molecule has 1 aliphatic heterocycles. The number of pyridine rings is 1. The van der Waals surface area contributed by atoms with Gasteiger partial charge in [0.25, 0.3) is 11.8 Å². The van der Waals surface area contributed by atoms with E-state index in [0.29, 0.717) is 22.7 Å². The SMILES string of the molecule is COc1ccc2c(c1)C(NC(=O)c1cc3c(cn1)[nH]c1ccccc13)(C(C)C)C(=O)N2c1ccc(F)cc1. The first-order chi connectivity index (χ1) is 18.3. The lowest BCUT2D eigenvalue weighted by atomic mass is 9.80. The van der Waals surface area contributed by atoms with E-state index in [1.807, 2.05) is 38.1 Å². The third-order valence-electron chi connectivity index (χ3n) is 7.29. The number of hydrogen-bond acceptors (Lipinski definition) is 4. The Morgan fingerprint density at radius 2 is 1.79 bits per heavy atom. The molecule has 38 heavy (non-hydrogen) atoms. The van der Waals surface area contributed by atoms with E-state index in [-0.39, 0.29) is 17.5 Å². The van der Waals surface area contributed by atoms with E-state index >= 15 is 0 Å². The number of aromatic amines is 1. The van der Waals surface area contributed by atoms with Crippen molar-refractivity contribution in [2.75, 3.05) is 12.0 Å². The highest BCUT2D eigenvalue weighted by molar-refractivity contribution is 6.15. The van der Waals surface area contributed by atoms with Crippen LogP contribution < -0.4 is 15.0 Å². The standard InChI is InChI=1S/C30H25FN4O3/c1-17(2)30(34-28(36)25-15-22-21-6-4-5-7-24(21)33-26(22)16-32-25)23-14-20(38-3)12-13-27(23)35(29(30)37)19-10-8-18(31)9-11-19/h4-17,33H,1-3H3,(H,34,36). The minimum absolute atomic E-state index is 0.194. The molecule has 0 spiro atoms. The molecule has 1 unspecified atom stereocenters.